The molecule has 0 radical (unpaired) electrons. The van der Waals surface area contributed by atoms with E-state index in [1.54, 1.807) is 53.7 Å². The summed E-state index contributed by atoms with van der Waals surface area (Å²) in [6, 6.07) is 10.5. The van der Waals surface area contributed by atoms with Gasteiger partial charge in [0.15, 0.2) is 5.13 Å². The average Bonchev–Trinajstić information content (AvgIpc) is 3.10. The molecule has 0 unspecified atom stereocenters. The molecule has 0 saturated heterocycles. The van der Waals surface area contributed by atoms with Crippen LogP contribution in [0.4, 0.5) is 5.13 Å². The smallest absolute Gasteiger partial charge is 0.276 e. The normalized spacial score (nSPS) is 13.2. The van der Waals surface area contributed by atoms with Crippen LogP contribution < -0.4 is 5.32 Å². The number of rotatable bonds is 3. The van der Waals surface area contributed by atoms with Gasteiger partial charge < -0.3 is 4.90 Å². The van der Waals surface area contributed by atoms with Gasteiger partial charge >= 0.3 is 0 Å². The Balaban J connectivity index is 1.47. The molecule has 1 aliphatic rings. The number of hydrogen-bond acceptors (Lipinski definition) is 6. The summed E-state index contributed by atoms with van der Waals surface area (Å²) >= 11 is 1.39. The van der Waals surface area contributed by atoms with E-state index in [1.165, 1.54) is 11.3 Å². The lowest BCUT2D eigenvalue weighted by Gasteiger charge is -2.25. The maximum absolute atomic E-state index is 12.5. The maximum Gasteiger partial charge on any atom is 0.276 e. The summed E-state index contributed by atoms with van der Waals surface area (Å²) in [5.74, 6) is -0.387. The van der Waals surface area contributed by atoms with Crippen LogP contribution in [-0.4, -0.2) is 38.2 Å². The number of fused-ring (bicyclic) bond motifs is 1. The molecular formula is C18H15N5O2S. The van der Waals surface area contributed by atoms with E-state index in [9.17, 15) is 9.59 Å². The molecule has 0 saturated carbocycles. The Hall–Kier alpha value is -3.13. The highest BCUT2D eigenvalue weighted by atomic mass is 32.1. The first kappa shape index (κ1) is 16.3. The van der Waals surface area contributed by atoms with E-state index in [0.717, 1.165) is 10.6 Å². The van der Waals surface area contributed by atoms with Crippen molar-refractivity contribution >= 4 is 28.3 Å². The summed E-state index contributed by atoms with van der Waals surface area (Å²) in [6.45, 7) is 1.06. The fourth-order valence-corrected chi connectivity index (χ4v) is 3.75. The van der Waals surface area contributed by atoms with Crippen molar-refractivity contribution in [2.75, 3.05) is 11.9 Å². The van der Waals surface area contributed by atoms with E-state index in [1.807, 2.05) is 0 Å². The first-order valence-electron chi connectivity index (χ1n) is 8.12. The van der Waals surface area contributed by atoms with Crippen molar-refractivity contribution in [2.45, 2.75) is 13.0 Å². The zero-order valence-corrected chi connectivity index (χ0v) is 14.6. The number of amides is 2. The highest BCUT2D eigenvalue weighted by Crippen LogP contribution is 2.29. The molecule has 0 atom stereocenters. The predicted octanol–water partition coefficient (Wildman–Crippen LogP) is 2.38. The first-order chi connectivity index (χ1) is 12.7. The average molecular weight is 365 g/mol. The molecule has 26 heavy (non-hydrogen) atoms. The molecule has 4 rings (SSSR count). The van der Waals surface area contributed by atoms with Crippen molar-refractivity contribution in [2.24, 2.45) is 0 Å². The molecule has 3 aromatic rings. The van der Waals surface area contributed by atoms with Gasteiger partial charge in [-0.15, -0.1) is 0 Å². The molecule has 1 aliphatic heterocycles. The predicted molar refractivity (Wildman–Crippen MR) is 97.0 cm³/mol. The molecule has 2 amide bonds. The number of nitrogens with zero attached hydrogens (tertiary/aromatic N) is 4. The molecule has 1 N–H and O–H groups in total. The lowest BCUT2D eigenvalue weighted by molar-refractivity contribution is 0.0730. The molecule has 8 heteroatoms. The van der Waals surface area contributed by atoms with Gasteiger partial charge in [-0.25, -0.2) is 4.98 Å². The minimum atomic E-state index is -0.293. The van der Waals surface area contributed by atoms with Crippen molar-refractivity contribution in [1.82, 2.24) is 19.9 Å². The largest absolute Gasteiger partial charge is 0.332 e. The van der Waals surface area contributed by atoms with E-state index in [0.29, 0.717) is 36.0 Å². The molecule has 0 fully saturated rings. The van der Waals surface area contributed by atoms with E-state index in [-0.39, 0.29) is 11.8 Å². The fourth-order valence-electron chi connectivity index (χ4n) is 2.73. The number of thiazole rings is 1. The van der Waals surface area contributed by atoms with E-state index >= 15 is 0 Å². The van der Waals surface area contributed by atoms with Gasteiger partial charge in [0.2, 0.25) is 0 Å². The van der Waals surface area contributed by atoms with Gasteiger partial charge in [0.25, 0.3) is 11.8 Å². The van der Waals surface area contributed by atoms with Crippen LogP contribution in [0.25, 0.3) is 0 Å². The Morgan fingerprint density at radius 1 is 1.04 bits per heavy atom. The van der Waals surface area contributed by atoms with Gasteiger partial charge in [0.05, 0.1) is 12.2 Å². The van der Waals surface area contributed by atoms with Crippen LogP contribution in [0.15, 0.2) is 48.8 Å². The highest BCUT2D eigenvalue weighted by Gasteiger charge is 2.26. The first-order valence-corrected chi connectivity index (χ1v) is 8.93. The summed E-state index contributed by atoms with van der Waals surface area (Å²) < 4.78 is 0. The second kappa shape index (κ2) is 7.01. The second-order valence-corrected chi connectivity index (χ2v) is 6.83. The molecule has 0 aromatic carbocycles. The summed E-state index contributed by atoms with van der Waals surface area (Å²) in [5.41, 5.74) is 1.70. The monoisotopic (exact) mass is 365 g/mol. The van der Waals surface area contributed by atoms with Crippen LogP contribution in [0.5, 0.6) is 0 Å². The molecule has 0 spiro atoms. The quantitative estimate of drug-likeness (QED) is 0.770. The van der Waals surface area contributed by atoms with E-state index in [2.05, 4.69) is 20.3 Å². The van der Waals surface area contributed by atoms with Gasteiger partial charge in [0, 0.05) is 30.2 Å². The standard InChI is InChI=1S/C18H15N5O2S/c24-16(13-5-1-3-8-19-13)22-18-21-12-7-10-23(11-15(12)26-18)17(25)14-6-2-4-9-20-14/h1-6,8-9H,7,10-11H2,(H,21,22,24). The topological polar surface area (TPSA) is 88.1 Å². The van der Waals surface area contributed by atoms with Crippen molar-refractivity contribution in [1.29, 1.82) is 0 Å². The Morgan fingerprint density at radius 2 is 1.77 bits per heavy atom. The summed E-state index contributed by atoms with van der Waals surface area (Å²) in [4.78, 5) is 40.1. The molecule has 0 aliphatic carbocycles. The second-order valence-electron chi connectivity index (χ2n) is 5.75. The van der Waals surface area contributed by atoms with E-state index < -0.39 is 0 Å². The van der Waals surface area contributed by atoms with Gasteiger partial charge in [0.1, 0.15) is 11.4 Å². The number of anilines is 1. The number of pyridine rings is 2. The van der Waals surface area contributed by atoms with Crippen molar-refractivity contribution < 1.29 is 9.59 Å². The van der Waals surface area contributed by atoms with Crippen LogP contribution >= 0.6 is 11.3 Å². The maximum atomic E-state index is 12.5. The van der Waals surface area contributed by atoms with Crippen molar-refractivity contribution in [3.05, 3.63) is 70.8 Å². The summed E-state index contributed by atoms with van der Waals surface area (Å²) in [6.07, 6.45) is 3.84. The Kier molecular flexibility index (Phi) is 4.40. The molecule has 3 aromatic heterocycles. The zero-order chi connectivity index (χ0) is 17.9. The third-order valence-corrected chi connectivity index (χ3v) is 5.02. The number of carbonyl (C=O) groups excluding carboxylic acids is 2. The van der Waals surface area contributed by atoms with Crippen LogP contribution in [0.1, 0.15) is 31.5 Å². The van der Waals surface area contributed by atoms with E-state index in [4.69, 9.17) is 0 Å². The third-order valence-electron chi connectivity index (χ3n) is 4.02. The molecule has 130 valence electrons. The van der Waals surface area contributed by atoms with Crippen molar-refractivity contribution in [3.8, 4) is 0 Å². The van der Waals surface area contributed by atoms with Crippen LogP contribution in [-0.2, 0) is 13.0 Å². The fraction of sp³-hybridized carbons (Fsp3) is 0.167. The van der Waals surface area contributed by atoms with Gasteiger partial charge in [-0.2, -0.15) is 0 Å². The number of carbonyl (C=O) groups is 2. The minimum Gasteiger partial charge on any atom is -0.332 e. The minimum absolute atomic E-state index is 0.0938. The Morgan fingerprint density at radius 3 is 2.46 bits per heavy atom. The zero-order valence-electron chi connectivity index (χ0n) is 13.8. The summed E-state index contributed by atoms with van der Waals surface area (Å²) in [5, 5.41) is 3.31. The molecular weight excluding hydrogens is 350 g/mol. The number of nitrogens with one attached hydrogen (secondary N) is 1. The highest BCUT2D eigenvalue weighted by molar-refractivity contribution is 7.15. The van der Waals surface area contributed by atoms with Crippen LogP contribution in [0.2, 0.25) is 0 Å². The van der Waals surface area contributed by atoms with Gasteiger partial charge in [-0.3, -0.25) is 24.9 Å². The van der Waals surface area contributed by atoms with Gasteiger partial charge in [-0.05, 0) is 24.3 Å². The van der Waals surface area contributed by atoms with Crippen molar-refractivity contribution in [3.63, 3.8) is 0 Å². The van der Waals surface area contributed by atoms with Crippen LogP contribution in [0.3, 0.4) is 0 Å². The van der Waals surface area contributed by atoms with Gasteiger partial charge in [-0.1, -0.05) is 23.5 Å². The Bertz CT molecular complexity index is 943. The molecule has 0 bridgehead atoms. The number of aromatic nitrogens is 3. The third kappa shape index (κ3) is 3.31. The Labute approximate surface area is 153 Å². The lowest BCUT2D eigenvalue weighted by Crippen LogP contribution is -2.35. The molecule has 7 nitrogen and oxygen atoms in total. The number of hydrogen-bond donors (Lipinski definition) is 1. The van der Waals surface area contributed by atoms with Crippen LogP contribution in [0, 0.1) is 0 Å². The SMILES string of the molecule is O=C(Nc1nc2c(s1)CN(C(=O)c1ccccn1)CC2)c1ccccn1. The summed E-state index contributed by atoms with van der Waals surface area (Å²) in [7, 11) is 0. The molecule has 4 heterocycles. The lowest BCUT2D eigenvalue weighted by atomic mass is 10.1.